The molecule has 0 aliphatic heterocycles. The normalized spacial score (nSPS) is 11.6. The summed E-state index contributed by atoms with van der Waals surface area (Å²) in [5.74, 6) is -0.175. The molecule has 0 aliphatic carbocycles. The number of rotatable bonds is 11. The molecule has 0 bridgehead atoms. The fraction of sp³-hybridized carbons (Fsp3) is 0.320. The third kappa shape index (κ3) is 6.91. The molecule has 1 atom stereocenters. The summed E-state index contributed by atoms with van der Waals surface area (Å²) in [6.45, 7) is 5.56. The van der Waals surface area contributed by atoms with Gasteiger partial charge in [-0.2, -0.15) is 0 Å². The van der Waals surface area contributed by atoms with Crippen molar-refractivity contribution in [3.05, 3.63) is 71.9 Å². The van der Waals surface area contributed by atoms with Gasteiger partial charge in [-0.05, 0) is 67.6 Å². The quantitative estimate of drug-likeness (QED) is 0.285. The summed E-state index contributed by atoms with van der Waals surface area (Å²) in [7, 11) is 0. The minimum atomic E-state index is -0.942. The maximum atomic E-state index is 11.3. The van der Waals surface area contributed by atoms with Gasteiger partial charge in [-0.1, -0.05) is 24.3 Å². The van der Waals surface area contributed by atoms with Crippen molar-refractivity contribution in [3.8, 4) is 17.0 Å². The average Bonchev–Trinajstić information content (AvgIpc) is 3.15. The first kappa shape index (κ1) is 26.1. The monoisotopic (exact) mass is 502 g/mol. The summed E-state index contributed by atoms with van der Waals surface area (Å²) >= 11 is 1.74. The Morgan fingerprint density at radius 2 is 1.75 bits per heavy atom. The summed E-state index contributed by atoms with van der Waals surface area (Å²) in [6.07, 6.45) is 1.59. The second-order valence-electron chi connectivity index (χ2n) is 7.22. The fourth-order valence-electron chi connectivity index (χ4n) is 3.49. The number of aromatic nitrogens is 1. The topological polar surface area (TPSA) is 60.7 Å². The Balaban J connectivity index is 0.00000363. The smallest absolute Gasteiger partial charge is 0.333 e. The van der Waals surface area contributed by atoms with Crippen LogP contribution < -0.4 is 4.74 Å². The second-order valence-corrected chi connectivity index (χ2v) is 8.10. The van der Waals surface area contributed by atoms with E-state index in [0.717, 1.165) is 17.9 Å². The predicted molar refractivity (Wildman–Crippen MR) is 125 cm³/mol. The van der Waals surface area contributed by atoms with Crippen molar-refractivity contribution in [1.29, 1.82) is 0 Å². The molecule has 0 unspecified atom stereocenters. The molecule has 0 aliphatic rings. The van der Waals surface area contributed by atoms with E-state index in [-0.39, 0.29) is 17.1 Å². The number of ether oxygens (including phenoxy) is 2. The molecule has 1 radical (unpaired) electrons. The number of nitrogens with zero attached hydrogens (tertiary/aromatic N) is 1. The molecule has 0 spiro atoms. The van der Waals surface area contributed by atoms with E-state index in [2.05, 4.69) is 54.1 Å². The SMILES string of the molecule is CCO[C@@H](Cc1ccc(OCCn2c(C)ccc2-c2ccc(SC)cc2)cc1)C(=O)O.[Cu]. The molecule has 1 aromatic heterocycles. The predicted octanol–water partition coefficient (Wildman–Crippen LogP) is 5.29. The van der Waals surface area contributed by atoms with Crippen LogP contribution in [-0.4, -0.2) is 41.2 Å². The standard InChI is InChI=1S/C25H29NO4S.Cu/c1-4-29-24(25(27)28)17-19-6-10-21(11-7-19)30-16-15-26-18(2)5-14-23(26)20-8-12-22(31-3)13-9-20;/h5-14,24H,4,15-17H2,1-3H3,(H,27,28);/t24-;/m0./s1. The van der Waals surface area contributed by atoms with Gasteiger partial charge >= 0.3 is 5.97 Å². The van der Waals surface area contributed by atoms with Gasteiger partial charge in [0.2, 0.25) is 0 Å². The number of aryl methyl sites for hydroxylation is 1. The molecule has 2 aromatic carbocycles. The first-order valence-corrected chi connectivity index (χ1v) is 11.6. The van der Waals surface area contributed by atoms with Crippen molar-refractivity contribution in [2.24, 2.45) is 0 Å². The van der Waals surface area contributed by atoms with E-state index in [4.69, 9.17) is 9.47 Å². The zero-order valence-electron chi connectivity index (χ0n) is 18.5. The molecule has 0 amide bonds. The molecule has 32 heavy (non-hydrogen) atoms. The van der Waals surface area contributed by atoms with Crippen LogP contribution in [-0.2, 0) is 39.6 Å². The third-order valence-electron chi connectivity index (χ3n) is 5.16. The van der Waals surface area contributed by atoms with E-state index >= 15 is 0 Å². The Bertz CT molecular complexity index is 986. The molecule has 0 saturated heterocycles. The van der Waals surface area contributed by atoms with E-state index in [1.807, 2.05) is 24.3 Å². The number of carbonyl (C=O) groups is 1. The summed E-state index contributed by atoms with van der Waals surface area (Å²) in [6, 6.07) is 20.4. The molecule has 0 saturated carbocycles. The molecule has 3 aromatic rings. The number of aliphatic carboxylic acids is 1. The summed E-state index contributed by atoms with van der Waals surface area (Å²) < 4.78 is 13.5. The number of hydrogen-bond acceptors (Lipinski definition) is 4. The molecule has 1 N–H and O–H groups in total. The minimum Gasteiger partial charge on any atom is -0.492 e. The first-order chi connectivity index (χ1) is 15.0. The van der Waals surface area contributed by atoms with Crippen LogP contribution in [0.25, 0.3) is 11.3 Å². The van der Waals surface area contributed by atoms with Gasteiger partial charge < -0.3 is 19.1 Å². The van der Waals surface area contributed by atoms with E-state index in [0.29, 0.717) is 19.6 Å². The maximum Gasteiger partial charge on any atom is 0.333 e. The fourth-order valence-corrected chi connectivity index (χ4v) is 3.90. The van der Waals surface area contributed by atoms with Crippen molar-refractivity contribution in [2.45, 2.75) is 37.8 Å². The summed E-state index contributed by atoms with van der Waals surface area (Å²) in [4.78, 5) is 12.5. The minimum absolute atomic E-state index is 0. The Hall–Kier alpha value is -2.18. The van der Waals surface area contributed by atoms with Crippen molar-refractivity contribution in [2.75, 3.05) is 19.5 Å². The van der Waals surface area contributed by atoms with Crippen LogP contribution in [0.5, 0.6) is 5.75 Å². The Morgan fingerprint density at radius 1 is 1.06 bits per heavy atom. The van der Waals surface area contributed by atoms with Crippen LogP contribution >= 0.6 is 11.8 Å². The second kappa shape index (κ2) is 12.8. The van der Waals surface area contributed by atoms with Crippen LogP contribution in [0.4, 0.5) is 0 Å². The molecule has 175 valence electrons. The van der Waals surface area contributed by atoms with Gasteiger partial charge in [-0.15, -0.1) is 11.8 Å². The molecule has 3 rings (SSSR count). The van der Waals surface area contributed by atoms with Gasteiger partial charge in [0, 0.05) is 46.4 Å². The number of thioether (sulfide) groups is 1. The van der Waals surface area contributed by atoms with Crippen molar-refractivity contribution < 1.29 is 36.4 Å². The molecule has 5 nitrogen and oxygen atoms in total. The van der Waals surface area contributed by atoms with Crippen LogP contribution in [0.2, 0.25) is 0 Å². The zero-order chi connectivity index (χ0) is 22.2. The van der Waals surface area contributed by atoms with Gasteiger partial charge in [0.15, 0.2) is 6.10 Å². The average molecular weight is 503 g/mol. The van der Waals surface area contributed by atoms with E-state index in [9.17, 15) is 9.90 Å². The van der Waals surface area contributed by atoms with Gasteiger partial charge in [-0.3, -0.25) is 0 Å². The van der Waals surface area contributed by atoms with Crippen molar-refractivity contribution in [1.82, 2.24) is 4.57 Å². The Kier molecular flexibility index (Phi) is 10.4. The maximum absolute atomic E-state index is 11.3. The summed E-state index contributed by atoms with van der Waals surface area (Å²) in [5, 5.41) is 9.23. The van der Waals surface area contributed by atoms with Crippen molar-refractivity contribution in [3.63, 3.8) is 0 Å². The van der Waals surface area contributed by atoms with E-state index < -0.39 is 12.1 Å². The van der Waals surface area contributed by atoms with Gasteiger partial charge in [-0.25, -0.2) is 4.79 Å². The molecule has 1 heterocycles. The van der Waals surface area contributed by atoms with Gasteiger partial charge in [0.25, 0.3) is 0 Å². The molecule has 7 heteroatoms. The third-order valence-corrected chi connectivity index (χ3v) is 5.90. The van der Waals surface area contributed by atoms with E-state index in [1.54, 1.807) is 18.7 Å². The summed E-state index contributed by atoms with van der Waals surface area (Å²) in [5.41, 5.74) is 4.47. The Morgan fingerprint density at radius 3 is 2.34 bits per heavy atom. The van der Waals surface area contributed by atoms with Crippen LogP contribution in [0.3, 0.4) is 0 Å². The number of benzene rings is 2. The molecule has 0 fully saturated rings. The van der Waals surface area contributed by atoms with Crippen LogP contribution in [0, 0.1) is 6.92 Å². The van der Waals surface area contributed by atoms with Gasteiger partial charge in [0.05, 0.1) is 6.54 Å². The number of carboxylic acids is 1. The number of hydrogen-bond donors (Lipinski definition) is 1. The zero-order valence-corrected chi connectivity index (χ0v) is 20.3. The van der Waals surface area contributed by atoms with Gasteiger partial charge in [0.1, 0.15) is 12.4 Å². The first-order valence-electron chi connectivity index (χ1n) is 10.4. The van der Waals surface area contributed by atoms with Crippen LogP contribution in [0.1, 0.15) is 18.2 Å². The van der Waals surface area contributed by atoms with Crippen molar-refractivity contribution >= 4 is 17.7 Å². The van der Waals surface area contributed by atoms with Crippen LogP contribution in [0.15, 0.2) is 65.6 Å². The largest absolute Gasteiger partial charge is 0.492 e. The Labute approximate surface area is 204 Å². The number of carboxylic acid groups (broad SMARTS) is 1. The molecular weight excluding hydrogens is 474 g/mol. The van der Waals surface area contributed by atoms with E-state index in [1.165, 1.54) is 21.8 Å². The molecular formula is C25H29CuNO4S.